The molecule has 14 heavy (non-hydrogen) atoms. The molecule has 80 valence electrons. The molecule has 1 aromatic carbocycles. The molecule has 0 unspecified atom stereocenters. The van der Waals surface area contributed by atoms with Gasteiger partial charge in [-0.1, -0.05) is 23.8 Å². The van der Waals surface area contributed by atoms with E-state index in [-0.39, 0.29) is 12.4 Å². The fraction of sp³-hybridized carbons (Fsp3) is 0.400. The Morgan fingerprint density at radius 1 is 1.21 bits per heavy atom. The van der Waals surface area contributed by atoms with E-state index in [0.717, 1.165) is 11.1 Å². The summed E-state index contributed by atoms with van der Waals surface area (Å²) in [6.07, 6.45) is -2.50. The standard InChI is InChI=1S/C10H13F2N.ClH/c1-6-3-4-7(2)8(5-6)9(13)10(11)12;/h3-5,9-10H,13H2,1-2H3;1H/t9-;/m0./s1. The second kappa shape index (κ2) is 5.27. The van der Waals surface area contributed by atoms with Gasteiger partial charge in [0, 0.05) is 0 Å². The Morgan fingerprint density at radius 2 is 1.79 bits per heavy atom. The number of rotatable bonds is 2. The minimum Gasteiger partial charge on any atom is -0.319 e. The van der Waals surface area contributed by atoms with Crippen LogP contribution < -0.4 is 5.73 Å². The smallest absolute Gasteiger partial charge is 0.257 e. The molecule has 0 spiro atoms. The predicted octanol–water partition coefficient (Wildman–Crippen LogP) is 2.99. The molecule has 0 fully saturated rings. The quantitative estimate of drug-likeness (QED) is 0.817. The van der Waals surface area contributed by atoms with Crippen molar-refractivity contribution in [2.45, 2.75) is 26.3 Å². The van der Waals surface area contributed by atoms with Crippen molar-refractivity contribution in [2.75, 3.05) is 0 Å². The van der Waals surface area contributed by atoms with Crippen molar-refractivity contribution in [2.24, 2.45) is 5.73 Å². The fourth-order valence-electron chi connectivity index (χ4n) is 1.25. The average molecular weight is 222 g/mol. The first-order valence-electron chi connectivity index (χ1n) is 4.13. The highest BCUT2D eigenvalue weighted by Crippen LogP contribution is 2.22. The number of nitrogens with two attached hydrogens (primary N) is 1. The molecule has 1 aromatic rings. The Kier molecular flexibility index (Phi) is 5.02. The van der Waals surface area contributed by atoms with Crippen LogP contribution in [0.1, 0.15) is 22.7 Å². The van der Waals surface area contributed by atoms with Crippen molar-refractivity contribution in [1.82, 2.24) is 0 Å². The molecule has 2 N–H and O–H groups in total. The van der Waals surface area contributed by atoms with Crippen molar-refractivity contribution in [3.05, 3.63) is 34.9 Å². The molecule has 0 amide bonds. The monoisotopic (exact) mass is 221 g/mol. The van der Waals surface area contributed by atoms with Crippen molar-refractivity contribution in [1.29, 1.82) is 0 Å². The number of alkyl halides is 2. The number of hydrogen-bond acceptors (Lipinski definition) is 1. The summed E-state index contributed by atoms with van der Waals surface area (Å²) in [6, 6.07) is 4.25. The molecule has 0 heterocycles. The largest absolute Gasteiger partial charge is 0.319 e. The Morgan fingerprint density at radius 3 is 2.29 bits per heavy atom. The van der Waals surface area contributed by atoms with Crippen molar-refractivity contribution in [3.63, 3.8) is 0 Å². The van der Waals surface area contributed by atoms with Crippen LogP contribution in [0.25, 0.3) is 0 Å². The highest BCUT2D eigenvalue weighted by atomic mass is 35.5. The summed E-state index contributed by atoms with van der Waals surface area (Å²) in [4.78, 5) is 0. The molecule has 1 atom stereocenters. The summed E-state index contributed by atoms with van der Waals surface area (Å²) in [5, 5.41) is 0. The van der Waals surface area contributed by atoms with Gasteiger partial charge in [0.25, 0.3) is 6.43 Å². The molecule has 1 nitrogen and oxygen atoms in total. The average Bonchev–Trinajstić information content (AvgIpc) is 2.08. The van der Waals surface area contributed by atoms with E-state index in [1.807, 2.05) is 19.1 Å². The van der Waals surface area contributed by atoms with E-state index in [4.69, 9.17) is 5.73 Å². The Labute approximate surface area is 88.7 Å². The molecule has 0 saturated carbocycles. The molecular weight excluding hydrogens is 208 g/mol. The van der Waals surface area contributed by atoms with E-state index in [1.54, 1.807) is 13.0 Å². The molecule has 0 aliphatic carbocycles. The van der Waals surface area contributed by atoms with E-state index in [0.29, 0.717) is 5.56 Å². The van der Waals surface area contributed by atoms with Crippen LogP contribution in [0.5, 0.6) is 0 Å². The summed E-state index contributed by atoms with van der Waals surface area (Å²) in [5.41, 5.74) is 7.67. The summed E-state index contributed by atoms with van der Waals surface area (Å²) < 4.78 is 24.6. The van der Waals surface area contributed by atoms with Gasteiger partial charge in [-0.05, 0) is 25.0 Å². The minimum atomic E-state index is -2.50. The molecule has 0 aliphatic heterocycles. The number of hydrogen-bond donors (Lipinski definition) is 1. The molecule has 4 heteroatoms. The Hall–Kier alpha value is -0.670. The maximum absolute atomic E-state index is 12.3. The Balaban J connectivity index is 0.00000169. The van der Waals surface area contributed by atoms with E-state index in [2.05, 4.69) is 0 Å². The van der Waals surface area contributed by atoms with Gasteiger partial charge >= 0.3 is 0 Å². The molecule has 0 aromatic heterocycles. The van der Waals surface area contributed by atoms with Crippen LogP contribution >= 0.6 is 12.4 Å². The molecule has 0 bridgehead atoms. The zero-order valence-corrected chi connectivity index (χ0v) is 8.94. The van der Waals surface area contributed by atoms with Gasteiger partial charge in [-0.25, -0.2) is 8.78 Å². The van der Waals surface area contributed by atoms with Crippen molar-refractivity contribution < 1.29 is 8.78 Å². The van der Waals surface area contributed by atoms with Gasteiger partial charge in [-0.15, -0.1) is 12.4 Å². The first-order valence-corrected chi connectivity index (χ1v) is 4.13. The Bertz CT molecular complexity index is 302. The lowest BCUT2D eigenvalue weighted by Gasteiger charge is -2.14. The van der Waals surface area contributed by atoms with Gasteiger partial charge in [0.05, 0.1) is 6.04 Å². The molecule has 0 radical (unpaired) electrons. The third-order valence-corrected chi connectivity index (χ3v) is 2.07. The van der Waals surface area contributed by atoms with Crippen LogP contribution in [0.2, 0.25) is 0 Å². The predicted molar refractivity (Wildman–Crippen MR) is 56.1 cm³/mol. The zero-order valence-electron chi connectivity index (χ0n) is 8.13. The van der Waals surface area contributed by atoms with Crippen LogP contribution in [-0.4, -0.2) is 6.43 Å². The van der Waals surface area contributed by atoms with E-state index in [9.17, 15) is 8.78 Å². The maximum atomic E-state index is 12.3. The highest BCUT2D eigenvalue weighted by molar-refractivity contribution is 5.85. The summed E-state index contributed by atoms with van der Waals surface area (Å²) in [5.74, 6) is 0. The van der Waals surface area contributed by atoms with Gasteiger partial charge in [-0.2, -0.15) is 0 Å². The second-order valence-electron chi connectivity index (χ2n) is 3.22. The van der Waals surface area contributed by atoms with E-state index in [1.165, 1.54) is 0 Å². The normalized spacial score (nSPS) is 12.4. The first kappa shape index (κ1) is 13.3. The van der Waals surface area contributed by atoms with Gasteiger partial charge in [0.15, 0.2) is 0 Å². The molecule has 1 rings (SSSR count). The molecule has 0 saturated heterocycles. The lowest BCUT2D eigenvalue weighted by atomic mass is 10.00. The second-order valence-corrected chi connectivity index (χ2v) is 3.22. The van der Waals surface area contributed by atoms with Gasteiger partial charge < -0.3 is 5.73 Å². The lowest BCUT2D eigenvalue weighted by Crippen LogP contribution is -2.20. The summed E-state index contributed by atoms with van der Waals surface area (Å²) in [7, 11) is 0. The van der Waals surface area contributed by atoms with Crippen LogP contribution in [0.3, 0.4) is 0 Å². The first-order chi connectivity index (χ1) is 6.02. The fourth-order valence-corrected chi connectivity index (χ4v) is 1.25. The van der Waals surface area contributed by atoms with E-state index >= 15 is 0 Å². The third-order valence-electron chi connectivity index (χ3n) is 2.07. The van der Waals surface area contributed by atoms with Crippen molar-refractivity contribution in [3.8, 4) is 0 Å². The summed E-state index contributed by atoms with van der Waals surface area (Å²) in [6.45, 7) is 3.65. The van der Waals surface area contributed by atoms with Crippen molar-refractivity contribution >= 4 is 12.4 Å². The topological polar surface area (TPSA) is 26.0 Å². The van der Waals surface area contributed by atoms with Crippen LogP contribution in [0.4, 0.5) is 8.78 Å². The molecular formula is C10H14ClF2N. The van der Waals surface area contributed by atoms with Gasteiger partial charge in [0.1, 0.15) is 0 Å². The number of benzene rings is 1. The van der Waals surface area contributed by atoms with Gasteiger partial charge in [-0.3, -0.25) is 0 Å². The van der Waals surface area contributed by atoms with Crippen LogP contribution in [-0.2, 0) is 0 Å². The zero-order chi connectivity index (χ0) is 10.0. The highest BCUT2D eigenvalue weighted by Gasteiger charge is 2.18. The minimum absolute atomic E-state index is 0. The maximum Gasteiger partial charge on any atom is 0.257 e. The SMILES string of the molecule is Cc1ccc(C)c([C@H](N)C(F)F)c1.Cl. The third kappa shape index (κ3) is 2.93. The van der Waals surface area contributed by atoms with Crippen LogP contribution in [0, 0.1) is 13.8 Å². The molecule has 0 aliphatic rings. The summed E-state index contributed by atoms with van der Waals surface area (Å²) >= 11 is 0. The number of aryl methyl sites for hydroxylation is 2. The van der Waals surface area contributed by atoms with E-state index < -0.39 is 12.5 Å². The van der Waals surface area contributed by atoms with Crippen LogP contribution in [0.15, 0.2) is 18.2 Å². The number of halogens is 3. The lowest BCUT2D eigenvalue weighted by molar-refractivity contribution is 0.116. The van der Waals surface area contributed by atoms with Gasteiger partial charge in [0.2, 0.25) is 0 Å².